The van der Waals surface area contributed by atoms with Crippen molar-refractivity contribution < 1.29 is 14.3 Å². The zero-order chi connectivity index (χ0) is 14.7. The first-order valence-electron chi connectivity index (χ1n) is 5.78. The van der Waals surface area contributed by atoms with Gasteiger partial charge in [0.2, 0.25) is 5.91 Å². The monoisotopic (exact) mass is 294 g/mol. The number of rotatable bonds is 4. The standard InChI is InChI=1S/C14H12ClFN2O2/c15-9-7-8(5-6-12(9)19)13(14(17)20)18-11-4-2-1-3-10(11)16/h1-7,13,18-19H,(H2,17,20). The van der Waals surface area contributed by atoms with E-state index in [1.807, 2.05) is 0 Å². The highest BCUT2D eigenvalue weighted by molar-refractivity contribution is 6.32. The average Bonchev–Trinajstić information content (AvgIpc) is 2.41. The Hall–Kier alpha value is -2.27. The van der Waals surface area contributed by atoms with Crippen molar-refractivity contribution in [3.63, 3.8) is 0 Å². The quantitative estimate of drug-likeness (QED) is 0.811. The van der Waals surface area contributed by atoms with Crippen LogP contribution in [0.4, 0.5) is 10.1 Å². The summed E-state index contributed by atoms with van der Waals surface area (Å²) < 4.78 is 13.6. The van der Waals surface area contributed by atoms with Crippen LogP contribution < -0.4 is 11.1 Å². The van der Waals surface area contributed by atoms with Crippen LogP contribution in [0.15, 0.2) is 42.5 Å². The number of phenols is 1. The number of nitrogens with two attached hydrogens (primary N) is 1. The molecule has 0 saturated carbocycles. The van der Waals surface area contributed by atoms with Crippen molar-refractivity contribution in [2.45, 2.75) is 6.04 Å². The first-order valence-corrected chi connectivity index (χ1v) is 6.15. The van der Waals surface area contributed by atoms with Gasteiger partial charge < -0.3 is 16.2 Å². The molecular weight excluding hydrogens is 283 g/mol. The second-order valence-corrected chi connectivity index (χ2v) is 4.58. The third-order valence-corrected chi connectivity index (χ3v) is 3.07. The first kappa shape index (κ1) is 14.1. The normalized spacial score (nSPS) is 11.9. The zero-order valence-corrected chi connectivity index (χ0v) is 11.1. The Morgan fingerprint density at radius 3 is 2.60 bits per heavy atom. The summed E-state index contributed by atoms with van der Waals surface area (Å²) in [5, 5.41) is 12.2. The molecule has 1 unspecified atom stereocenters. The number of aromatic hydroxyl groups is 1. The summed E-state index contributed by atoms with van der Waals surface area (Å²) in [5.74, 6) is -1.29. The number of benzene rings is 2. The number of halogens is 2. The molecule has 1 atom stereocenters. The van der Waals surface area contributed by atoms with Crippen LogP contribution in [0.25, 0.3) is 0 Å². The molecule has 0 saturated heterocycles. The second kappa shape index (κ2) is 5.79. The fourth-order valence-electron chi connectivity index (χ4n) is 1.76. The van der Waals surface area contributed by atoms with Crippen LogP contribution in [-0.4, -0.2) is 11.0 Å². The number of phenolic OH excluding ortho intramolecular Hbond substituents is 1. The summed E-state index contributed by atoms with van der Waals surface area (Å²) in [7, 11) is 0. The summed E-state index contributed by atoms with van der Waals surface area (Å²) in [5.41, 5.74) is 5.91. The predicted molar refractivity (Wildman–Crippen MR) is 75.1 cm³/mol. The number of amides is 1. The molecule has 0 heterocycles. The molecule has 0 aliphatic heterocycles. The molecule has 0 aliphatic carbocycles. The minimum atomic E-state index is -0.954. The van der Waals surface area contributed by atoms with Gasteiger partial charge in [0.1, 0.15) is 17.6 Å². The molecule has 0 fully saturated rings. The minimum Gasteiger partial charge on any atom is -0.506 e. The van der Waals surface area contributed by atoms with Crippen LogP contribution in [0.3, 0.4) is 0 Å². The molecule has 20 heavy (non-hydrogen) atoms. The molecule has 2 rings (SSSR count). The topological polar surface area (TPSA) is 75.4 Å². The van der Waals surface area contributed by atoms with E-state index in [0.29, 0.717) is 5.56 Å². The van der Waals surface area contributed by atoms with Crippen LogP contribution in [0.1, 0.15) is 11.6 Å². The summed E-state index contributed by atoms with van der Waals surface area (Å²) in [6.07, 6.45) is 0. The molecule has 0 aliphatic rings. The Labute approximate surface area is 120 Å². The highest BCUT2D eigenvalue weighted by atomic mass is 35.5. The summed E-state index contributed by atoms with van der Waals surface area (Å²) >= 11 is 5.79. The highest BCUT2D eigenvalue weighted by Gasteiger charge is 2.19. The Morgan fingerprint density at radius 2 is 2.00 bits per heavy atom. The molecule has 1 amide bonds. The lowest BCUT2D eigenvalue weighted by atomic mass is 10.1. The number of anilines is 1. The fraction of sp³-hybridized carbons (Fsp3) is 0.0714. The number of para-hydroxylation sites is 1. The number of carbonyl (C=O) groups is 1. The van der Waals surface area contributed by atoms with E-state index in [1.54, 1.807) is 6.07 Å². The van der Waals surface area contributed by atoms with Gasteiger partial charge >= 0.3 is 0 Å². The fourth-order valence-corrected chi connectivity index (χ4v) is 1.94. The molecule has 2 aromatic rings. The van der Waals surface area contributed by atoms with Gasteiger partial charge in [0.15, 0.2) is 0 Å². The van der Waals surface area contributed by atoms with E-state index >= 15 is 0 Å². The lowest BCUT2D eigenvalue weighted by Crippen LogP contribution is -2.28. The van der Waals surface area contributed by atoms with Gasteiger partial charge in [-0.3, -0.25) is 4.79 Å². The van der Waals surface area contributed by atoms with E-state index in [-0.39, 0.29) is 16.5 Å². The number of carbonyl (C=O) groups excluding carboxylic acids is 1. The Morgan fingerprint density at radius 1 is 1.30 bits per heavy atom. The van der Waals surface area contributed by atoms with Gasteiger partial charge in [0, 0.05) is 0 Å². The van der Waals surface area contributed by atoms with Gasteiger partial charge in [0.25, 0.3) is 0 Å². The van der Waals surface area contributed by atoms with Crippen LogP contribution >= 0.6 is 11.6 Å². The average molecular weight is 295 g/mol. The number of hydrogen-bond donors (Lipinski definition) is 3. The van der Waals surface area contributed by atoms with Crippen molar-refractivity contribution >= 4 is 23.2 Å². The van der Waals surface area contributed by atoms with Gasteiger partial charge in [-0.15, -0.1) is 0 Å². The van der Waals surface area contributed by atoms with Gasteiger partial charge in [0.05, 0.1) is 10.7 Å². The minimum absolute atomic E-state index is 0.0871. The molecule has 0 radical (unpaired) electrons. The predicted octanol–water partition coefficient (Wildman–Crippen LogP) is 2.82. The first-order chi connectivity index (χ1) is 9.49. The molecule has 4 N–H and O–H groups in total. The van der Waals surface area contributed by atoms with Crippen LogP contribution in [0, 0.1) is 5.82 Å². The van der Waals surface area contributed by atoms with Crippen LogP contribution in [0.2, 0.25) is 5.02 Å². The smallest absolute Gasteiger partial charge is 0.244 e. The van der Waals surface area contributed by atoms with Gasteiger partial charge in [-0.05, 0) is 29.8 Å². The van der Waals surface area contributed by atoms with Gasteiger partial charge in [-0.2, -0.15) is 0 Å². The van der Waals surface area contributed by atoms with Crippen LogP contribution in [0.5, 0.6) is 5.75 Å². The third kappa shape index (κ3) is 3.00. The molecule has 0 bridgehead atoms. The Bertz CT molecular complexity index is 649. The largest absolute Gasteiger partial charge is 0.506 e. The molecule has 104 valence electrons. The summed E-state index contributed by atoms with van der Waals surface area (Å²) in [4.78, 5) is 11.5. The lowest BCUT2D eigenvalue weighted by molar-refractivity contribution is -0.118. The van der Waals surface area contributed by atoms with E-state index in [2.05, 4.69) is 5.32 Å². The number of nitrogens with one attached hydrogen (secondary N) is 1. The van der Waals surface area contributed by atoms with Crippen molar-refractivity contribution in [1.82, 2.24) is 0 Å². The molecule has 0 spiro atoms. The molecule has 0 aromatic heterocycles. The third-order valence-electron chi connectivity index (χ3n) is 2.76. The molecular formula is C14H12ClFN2O2. The molecule has 2 aromatic carbocycles. The van der Waals surface area contributed by atoms with E-state index in [1.165, 1.54) is 36.4 Å². The van der Waals surface area contributed by atoms with E-state index in [0.717, 1.165) is 0 Å². The van der Waals surface area contributed by atoms with Crippen molar-refractivity contribution in [2.75, 3.05) is 5.32 Å². The van der Waals surface area contributed by atoms with E-state index in [4.69, 9.17) is 17.3 Å². The SMILES string of the molecule is NC(=O)C(Nc1ccccc1F)c1ccc(O)c(Cl)c1. The Balaban J connectivity index is 2.34. The zero-order valence-electron chi connectivity index (χ0n) is 10.3. The van der Waals surface area contributed by atoms with Crippen LogP contribution in [-0.2, 0) is 4.79 Å². The highest BCUT2D eigenvalue weighted by Crippen LogP contribution is 2.28. The number of hydrogen-bond acceptors (Lipinski definition) is 3. The van der Waals surface area contributed by atoms with E-state index < -0.39 is 17.8 Å². The van der Waals surface area contributed by atoms with E-state index in [9.17, 15) is 14.3 Å². The van der Waals surface area contributed by atoms with Crippen molar-refractivity contribution in [3.05, 3.63) is 58.9 Å². The summed E-state index contributed by atoms with van der Waals surface area (Å²) in [6, 6.07) is 9.22. The molecule has 6 heteroatoms. The maximum Gasteiger partial charge on any atom is 0.244 e. The Kier molecular flexibility index (Phi) is 4.10. The van der Waals surface area contributed by atoms with Gasteiger partial charge in [-0.1, -0.05) is 29.8 Å². The number of primary amides is 1. The van der Waals surface area contributed by atoms with Crippen molar-refractivity contribution in [3.8, 4) is 5.75 Å². The second-order valence-electron chi connectivity index (χ2n) is 4.17. The van der Waals surface area contributed by atoms with Gasteiger partial charge in [-0.25, -0.2) is 4.39 Å². The lowest BCUT2D eigenvalue weighted by Gasteiger charge is -2.18. The van der Waals surface area contributed by atoms with Crippen molar-refractivity contribution in [1.29, 1.82) is 0 Å². The summed E-state index contributed by atoms with van der Waals surface area (Å²) in [6.45, 7) is 0. The maximum atomic E-state index is 13.6. The van der Waals surface area contributed by atoms with Crippen molar-refractivity contribution in [2.24, 2.45) is 5.73 Å². The molecule has 4 nitrogen and oxygen atoms in total. The maximum absolute atomic E-state index is 13.6.